The minimum Gasteiger partial charge on any atom is -0.348 e. The molecule has 1 aromatic carbocycles. The van der Waals surface area contributed by atoms with Gasteiger partial charge in [-0.1, -0.05) is 38.1 Å². The van der Waals surface area contributed by atoms with E-state index in [0.717, 1.165) is 24.5 Å². The lowest BCUT2D eigenvalue weighted by Crippen LogP contribution is -2.13. The number of imidazole rings is 1. The third-order valence-electron chi connectivity index (χ3n) is 3.20. The standard InChI is InChI=1S/C15H21N3/c1-11(2)14-6-4-13(5-7-14)8-16-9-15-12(3)17-10-18-15/h4-7,10-11,16H,8-9H2,1-3H3,(H,17,18). The fourth-order valence-electron chi connectivity index (χ4n) is 1.91. The van der Waals surface area contributed by atoms with Crippen molar-refractivity contribution >= 4 is 0 Å². The van der Waals surface area contributed by atoms with Crippen LogP contribution in [-0.2, 0) is 13.1 Å². The zero-order valence-electron chi connectivity index (χ0n) is 11.3. The van der Waals surface area contributed by atoms with Gasteiger partial charge in [-0.25, -0.2) is 4.98 Å². The van der Waals surface area contributed by atoms with Crippen LogP contribution in [0.1, 0.15) is 42.3 Å². The molecule has 0 unspecified atom stereocenters. The lowest BCUT2D eigenvalue weighted by Gasteiger charge is -2.07. The maximum atomic E-state index is 4.27. The Kier molecular flexibility index (Phi) is 4.15. The van der Waals surface area contributed by atoms with Crippen molar-refractivity contribution in [3.63, 3.8) is 0 Å². The molecule has 0 aliphatic carbocycles. The van der Waals surface area contributed by atoms with E-state index in [-0.39, 0.29) is 0 Å². The van der Waals surface area contributed by atoms with Gasteiger partial charge in [-0.2, -0.15) is 0 Å². The number of aromatic nitrogens is 2. The first-order valence-electron chi connectivity index (χ1n) is 6.45. The Morgan fingerprint density at radius 3 is 2.44 bits per heavy atom. The summed E-state index contributed by atoms with van der Waals surface area (Å²) in [5.41, 5.74) is 4.93. The second-order valence-corrected chi connectivity index (χ2v) is 4.97. The van der Waals surface area contributed by atoms with Crippen LogP contribution in [0.25, 0.3) is 0 Å². The van der Waals surface area contributed by atoms with Gasteiger partial charge in [0.2, 0.25) is 0 Å². The molecule has 1 heterocycles. The van der Waals surface area contributed by atoms with E-state index in [1.807, 2.05) is 6.92 Å². The molecular formula is C15H21N3. The molecular weight excluding hydrogens is 222 g/mol. The van der Waals surface area contributed by atoms with E-state index >= 15 is 0 Å². The topological polar surface area (TPSA) is 40.7 Å². The summed E-state index contributed by atoms with van der Waals surface area (Å²) in [5.74, 6) is 0.596. The molecule has 3 nitrogen and oxygen atoms in total. The van der Waals surface area contributed by atoms with Crippen molar-refractivity contribution in [1.29, 1.82) is 0 Å². The van der Waals surface area contributed by atoms with Crippen LogP contribution in [0.4, 0.5) is 0 Å². The van der Waals surface area contributed by atoms with Crippen molar-refractivity contribution in [2.45, 2.75) is 39.8 Å². The molecule has 0 saturated heterocycles. The van der Waals surface area contributed by atoms with E-state index in [2.05, 4.69) is 53.4 Å². The van der Waals surface area contributed by atoms with Gasteiger partial charge in [0.05, 0.1) is 12.0 Å². The molecule has 0 amide bonds. The van der Waals surface area contributed by atoms with Crippen LogP contribution in [0, 0.1) is 6.92 Å². The van der Waals surface area contributed by atoms with E-state index in [9.17, 15) is 0 Å². The first-order chi connectivity index (χ1) is 8.66. The molecule has 96 valence electrons. The molecule has 0 fully saturated rings. The smallest absolute Gasteiger partial charge is 0.0925 e. The minimum absolute atomic E-state index is 0.596. The second kappa shape index (κ2) is 5.83. The molecule has 0 aliphatic rings. The number of aromatic amines is 1. The fraction of sp³-hybridized carbons (Fsp3) is 0.400. The maximum absolute atomic E-state index is 4.27. The van der Waals surface area contributed by atoms with Gasteiger partial charge in [0.1, 0.15) is 0 Å². The van der Waals surface area contributed by atoms with Gasteiger partial charge < -0.3 is 10.3 Å². The number of hydrogen-bond donors (Lipinski definition) is 2. The summed E-state index contributed by atoms with van der Waals surface area (Å²) in [7, 11) is 0. The van der Waals surface area contributed by atoms with Crippen molar-refractivity contribution < 1.29 is 0 Å². The number of nitrogens with one attached hydrogen (secondary N) is 2. The van der Waals surface area contributed by atoms with Crippen LogP contribution in [-0.4, -0.2) is 9.97 Å². The molecule has 2 N–H and O–H groups in total. The molecule has 0 radical (unpaired) electrons. The monoisotopic (exact) mass is 243 g/mol. The van der Waals surface area contributed by atoms with Crippen LogP contribution >= 0.6 is 0 Å². The number of aryl methyl sites for hydroxylation is 1. The first kappa shape index (κ1) is 12.8. The highest BCUT2D eigenvalue weighted by molar-refractivity contribution is 5.24. The molecule has 2 rings (SSSR count). The highest BCUT2D eigenvalue weighted by Gasteiger charge is 2.01. The van der Waals surface area contributed by atoms with E-state index in [1.54, 1.807) is 6.33 Å². The number of H-pyrrole nitrogens is 1. The first-order valence-corrected chi connectivity index (χ1v) is 6.45. The van der Waals surface area contributed by atoms with Crippen LogP contribution in [0.15, 0.2) is 30.6 Å². The van der Waals surface area contributed by atoms with Gasteiger partial charge in [0, 0.05) is 18.8 Å². The van der Waals surface area contributed by atoms with Crippen LogP contribution < -0.4 is 5.32 Å². The van der Waals surface area contributed by atoms with Crippen molar-refractivity contribution in [1.82, 2.24) is 15.3 Å². The van der Waals surface area contributed by atoms with E-state index in [0.29, 0.717) is 5.92 Å². The number of rotatable bonds is 5. The zero-order valence-corrected chi connectivity index (χ0v) is 11.3. The van der Waals surface area contributed by atoms with Gasteiger partial charge >= 0.3 is 0 Å². The van der Waals surface area contributed by atoms with Gasteiger partial charge in [-0.3, -0.25) is 0 Å². The van der Waals surface area contributed by atoms with E-state index < -0.39 is 0 Å². The largest absolute Gasteiger partial charge is 0.348 e. The van der Waals surface area contributed by atoms with Crippen molar-refractivity contribution in [3.05, 3.63) is 53.1 Å². The van der Waals surface area contributed by atoms with E-state index in [1.165, 1.54) is 11.1 Å². The van der Waals surface area contributed by atoms with Gasteiger partial charge in [0.15, 0.2) is 0 Å². The summed E-state index contributed by atoms with van der Waals surface area (Å²) in [6, 6.07) is 8.81. The predicted molar refractivity (Wildman–Crippen MR) is 74.4 cm³/mol. The number of nitrogens with zero attached hydrogens (tertiary/aromatic N) is 1. The van der Waals surface area contributed by atoms with Crippen LogP contribution in [0.5, 0.6) is 0 Å². The molecule has 18 heavy (non-hydrogen) atoms. The Hall–Kier alpha value is -1.61. The second-order valence-electron chi connectivity index (χ2n) is 4.97. The third-order valence-corrected chi connectivity index (χ3v) is 3.20. The van der Waals surface area contributed by atoms with Crippen LogP contribution in [0.3, 0.4) is 0 Å². The van der Waals surface area contributed by atoms with Gasteiger partial charge in [0.25, 0.3) is 0 Å². The lowest BCUT2D eigenvalue weighted by atomic mass is 10.0. The summed E-state index contributed by atoms with van der Waals surface area (Å²) in [6.45, 7) is 8.16. The predicted octanol–water partition coefficient (Wildman–Crippen LogP) is 3.13. The minimum atomic E-state index is 0.596. The molecule has 2 aromatic rings. The van der Waals surface area contributed by atoms with Crippen LogP contribution in [0.2, 0.25) is 0 Å². The summed E-state index contributed by atoms with van der Waals surface area (Å²) in [6.07, 6.45) is 1.74. The lowest BCUT2D eigenvalue weighted by molar-refractivity contribution is 0.678. The Labute approximate surface area is 109 Å². The quantitative estimate of drug-likeness (QED) is 0.847. The third kappa shape index (κ3) is 3.20. The summed E-state index contributed by atoms with van der Waals surface area (Å²) in [5, 5.41) is 3.41. The fourth-order valence-corrected chi connectivity index (χ4v) is 1.91. The number of benzene rings is 1. The Bertz CT molecular complexity index is 483. The Morgan fingerprint density at radius 2 is 1.89 bits per heavy atom. The van der Waals surface area contributed by atoms with Crippen molar-refractivity contribution in [3.8, 4) is 0 Å². The normalized spacial score (nSPS) is 11.1. The molecule has 0 bridgehead atoms. The molecule has 0 saturated carbocycles. The summed E-state index contributed by atoms with van der Waals surface area (Å²) >= 11 is 0. The van der Waals surface area contributed by atoms with Crippen molar-refractivity contribution in [2.24, 2.45) is 0 Å². The Balaban J connectivity index is 1.85. The number of hydrogen-bond acceptors (Lipinski definition) is 2. The summed E-state index contributed by atoms with van der Waals surface area (Å²) in [4.78, 5) is 7.35. The molecule has 0 atom stereocenters. The molecule has 1 aromatic heterocycles. The zero-order chi connectivity index (χ0) is 13.0. The van der Waals surface area contributed by atoms with E-state index in [4.69, 9.17) is 0 Å². The molecule has 0 aliphatic heterocycles. The van der Waals surface area contributed by atoms with Gasteiger partial charge in [-0.15, -0.1) is 0 Å². The Morgan fingerprint density at radius 1 is 1.17 bits per heavy atom. The average molecular weight is 243 g/mol. The SMILES string of the molecule is Cc1[nH]cnc1CNCc1ccc(C(C)C)cc1. The molecule has 3 heteroatoms. The highest BCUT2D eigenvalue weighted by Crippen LogP contribution is 2.14. The van der Waals surface area contributed by atoms with Gasteiger partial charge in [-0.05, 0) is 24.0 Å². The van der Waals surface area contributed by atoms with Crippen molar-refractivity contribution in [2.75, 3.05) is 0 Å². The molecule has 0 spiro atoms. The summed E-state index contributed by atoms with van der Waals surface area (Å²) < 4.78 is 0. The average Bonchev–Trinajstić information content (AvgIpc) is 2.76. The maximum Gasteiger partial charge on any atom is 0.0925 e. The highest BCUT2D eigenvalue weighted by atomic mass is 14.9.